The maximum atomic E-state index is 12.1. The van der Waals surface area contributed by atoms with Crippen LogP contribution in [0, 0.1) is 6.92 Å². The van der Waals surface area contributed by atoms with Crippen molar-refractivity contribution >= 4 is 35.5 Å². The normalized spacial score (nSPS) is 10.9. The van der Waals surface area contributed by atoms with Gasteiger partial charge in [0.15, 0.2) is 11.5 Å². The SMILES string of the molecule is CCOc1cc(C=NNC(=O)CSCc2ccccc2C)ccc1OCc1ccc(Cl)cc1. The molecule has 0 unspecified atom stereocenters. The molecule has 1 amide bonds. The van der Waals surface area contributed by atoms with Gasteiger partial charge in [-0.25, -0.2) is 5.43 Å². The molecular formula is C26H27ClN2O3S. The number of ether oxygens (including phenoxy) is 2. The number of nitrogens with one attached hydrogen (secondary N) is 1. The molecule has 5 nitrogen and oxygen atoms in total. The minimum atomic E-state index is -0.141. The van der Waals surface area contributed by atoms with Crippen LogP contribution in [0.1, 0.15) is 29.2 Å². The van der Waals surface area contributed by atoms with Crippen LogP contribution in [0.2, 0.25) is 5.02 Å². The molecule has 0 radical (unpaired) electrons. The van der Waals surface area contributed by atoms with Crippen LogP contribution in [0.5, 0.6) is 11.5 Å². The molecule has 0 spiro atoms. The fraction of sp³-hybridized carbons (Fsp3) is 0.231. The van der Waals surface area contributed by atoms with Gasteiger partial charge in [0.1, 0.15) is 6.61 Å². The molecule has 172 valence electrons. The van der Waals surface area contributed by atoms with E-state index in [1.807, 2.05) is 61.5 Å². The van der Waals surface area contributed by atoms with E-state index in [1.165, 1.54) is 11.1 Å². The third-order valence-electron chi connectivity index (χ3n) is 4.73. The number of nitrogens with zero attached hydrogens (tertiary/aromatic N) is 1. The summed E-state index contributed by atoms with van der Waals surface area (Å²) in [5.74, 6) is 2.25. The monoisotopic (exact) mass is 482 g/mol. The first-order valence-corrected chi connectivity index (χ1v) is 12.2. The third kappa shape index (κ3) is 8.15. The predicted molar refractivity (Wildman–Crippen MR) is 136 cm³/mol. The molecule has 0 aromatic heterocycles. The molecule has 3 rings (SSSR count). The summed E-state index contributed by atoms with van der Waals surface area (Å²) in [6.07, 6.45) is 1.59. The number of halogens is 1. The molecule has 0 bridgehead atoms. The van der Waals surface area contributed by atoms with E-state index in [0.717, 1.165) is 16.9 Å². The third-order valence-corrected chi connectivity index (χ3v) is 5.96. The zero-order valence-corrected chi connectivity index (χ0v) is 20.3. The van der Waals surface area contributed by atoms with Crippen LogP contribution in [0.15, 0.2) is 71.8 Å². The van der Waals surface area contributed by atoms with Crippen molar-refractivity contribution in [2.45, 2.75) is 26.2 Å². The summed E-state index contributed by atoms with van der Waals surface area (Å²) in [6.45, 7) is 4.90. The summed E-state index contributed by atoms with van der Waals surface area (Å²) in [6, 6.07) is 21.2. The smallest absolute Gasteiger partial charge is 0.250 e. The van der Waals surface area contributed by atoms with Crippen molar-refractivity contribution in [1.29, 1.82) is 0 Å². The van der Waals surface area contributed by atoms with Gasteiger partial charge in [-0.05, 0) is 66.4 Å². The molecule has 7 heteroatoms. The van der Waals surface area contributed by atoms with Gasteiger partial charge in [0.25, 0.3) is 0 Å². The highest BCUT2D eigenvalue weighted by molar-refractivity contribution is 7.99. The predicted octanol–water partition coefficient (Wildman–Crippen LogP) is 6.01. The minimum absolute atomic E-state index is 0.141. The van der Waals surface area contributed by atoms with E-state index < -0.39 is 0 Å². The van der Waals surface area contributed by atoms with Gasteiger partial charge in [0, 0.05) is 10.8 Å². The second-order valence-corrected chi connectivity index (χ2v) is 8.69. The summed E-state index contributed by atoms with van der Waals surface area (Å²) in [5.41, 5.74) is 6.85. The molecule has 0 saturated carbocycles. The van der Waals surface area contributed by atoms with Crippen molar-refractivity contribution in [2.75, 3.05) is 12.4 Å². The van der Waals surface area contributed by atoms with Gasteiger partial charge in [-0.1, -0.05) is 48.0 Å². The lowest BCUT2D eigenvalue weighted by Gasteiger charge is -2.12. The molecule has 0 aliphatic carbocycles. The van der Waals surface area contributed by atoms with E-state index in [0.29, 0.717) is 35.5 Å². The van der Waals surface area contributed by atoms with Crippen LogP contribution in [0.4, 0.5) is 0 Å². The van der Waals surface area contributed by atoms with Gasteiger partial charge >= 0.3 is 0 Å². The van der Waals surface area contributed by atoms with Gasteiger partial charge in [-0.15, -0.1) is 11.8 Å². The zero-order valence-electron chi connectivity index (χ0n) is 18.7. The van der Waals surface area contributed by atoms with Gasteiger partial charge in [-0.2, -0.15) is 5.10 Å². The summed E-state index contributed by atoms with van der Waals surface area (Å²) >= 11 is 7.49. The first-order valence-electron chi connectivity index (χ1n) is 10.6. The Hall–Kier alpha value is -2.96. The van der Waals surface area contributed by atoms with Gasteiger partial charge in [-0.3, -0.25) is 4.79 Å². The molecule has 0 aliphatic rings. The van der Waals surface area contributed by atoms with E-state index in [2.05, 4.69) is 29.6 Å². The molecule has 0 atom stereocenters. The molecule has 0 fully saturated rings. The highest BCUT2D eigenvalue weighted by Gasteiger charge is 2.07. The molecule has 0 saturated heterocycles. The Morgan fingerprint density at radius 3 is 2.61 bits per heavy atom. The summed E-state index contributed by atoms with van der Waals surface area (Å²) < 4.78 is 11.6. The standard InChI is InChI=1S/C26H27ClN2O3S/c1-3-31-25-14-21(10-13-24(25)32-16-20-8-11-23(27)12-9-20)15-28-29-26(30)18-33-17-22-7-5-4-6-19(22)2/h4-15H,3,16-18H2,1-2H3,(H,29,30). The molecular weight excluding hydrogens is 456 g/mol. The number of hydrazone groups is 1. The average molecular weight is 483 g/mol. The maximum Gasteiger partial charge on any atom is 0.250 e. The lowest BCUT2D eigenvalue weighted by molar-refractivity contribution is -0.118. The quantitative estimate of drug-likeness (QED) is 0.268. The largest absolute Gasteiger partial charge is 0.490 e. The van der Waals surface area contributed by atoms with Crippen LogP contribution >= 0.6 is 23.4 Å². The Kier molecular flexibility index (Phi) is 9.66. The van der Waals surface area contributed by atoms with E-state index in [-0.39, 0.29) is 5.91 Å². The van der Waals surface area contributed by atoms with Crippen molar-refractivity contribution in [3.8, 4) is 11.5 Å². The fourth-order valence-electron chi connectivity index (χ4n) is 2.97. The first-order chi connectivity index (χ1) is 16.0. The molecule has 3 aromatic rings. The second kappa shape index (κ2) is 12.9. The van der Waals surface area contributed by atoms with Gasteiger partial charge in [0.05, 0.1) is 18.6 Å². The fourth-order valence-corrected chi connectivity index (χ4v) is 3.99. The van der Waals surface area contributed by atoms with E-state index in [4.69, 9.17) is 21.1 Å². The number of amides is 1. The van der Waals surface area contributed by atoms with Crippen LogP contribution in [-0.2, 0) is 17.2 Å². The Labute approximate surface area is 204 Å². The van der Waals surface area contributed by atoms with E-state index >= 15 is 0 Å². The van der Waals surface area contributed by atoms with Crippen molar-refractivity contribution < 1.29 is 14.3 Å². The Morgan fingerprint density at radius 1 is 1.06 bits per heavy atom. The summed E-state index contributed by atoms with van der Waals surface area (Å²) in [4.78, 5) is 12.1. The van der Waals surface area contributed by atoms with Crippen molar-refractivity contribution in [3.05, 3.63) is 94.0 Å². The topological polar surface area (TPSA) is 59.9 Å². The average Bonchev–Trinajstić information content (AvgIpc) is 2.81. The summed E-state index contributed by atoms with van der Waals surface area (Å²) in [7, 11) is 0. The van der Waals surface area contributed by atoms with Crippen LogP contribution in [-0.4, -0.2) is 24.5 Å². The van der Waals surface area contributed by atoms with Gasteiger partial charge in [0.2, 0.25) is 5.91 Å². The van der Waals surface area contributed by atoms with Crippen molar-refractivity contribution in [3.63, 3.8) is 0 Å². The Balaban J connectivity index is 1.50. The van der Waals surface area contributed by atoms with E-state index in [9.17, 15) is 4.79 Å². The minimum Gasteiger partial charge on any atom is -0.490 e. The lowest BCUT2D eigenvalue weighted by atomic mass is 10.1. The van der Waals surface area contributed by atoms with Crippen LogP contribution in [0.3, 0.4) is 0 Å². The number of hydrogen-bond donors (Lipinski definition) is 1. The molecule has 3 aromatic carbocycles. The number of hydrogen-bond acceptors (Lipinski definition) is 5. The summed E-state index contributed by atoms with van der Waals surface area (Å²) in [5, 5.41) is 4.76. The van der Waals surface area contributed by atoms with Crippen LogP contribution in [0.25, 0.3) is 0 Å². The number of benzene rings is 3. The molecule has 33 heavy (non-hydrogen) atoms. The van der Waals surface area contributed by atoms with Crippen molar-refractivity contribution in [1.82, 2.24) is 5.43 Å². The van der Waals surface area contributed by atoms with Crippen molar-refractivity contribution in [2.24, 2.45) is 5.10 Å². The highest BCUT2D eigenvalue weighted by atomic mass is 35.5. The highest BCUT2D eigenvalue weighted by Crippen LogP contribution is 2.29. The van der Waals surface area contributed by atoms with E-state index in [1.54, 1.807) is 18.0 Å². The maximum absolute atomic E-state index is 12.1. The number of carbonyl (C=O) groups excluding carboxylic acids is 1. The number of carbonyl (C=O) groups is 1. The molecule has 0 heterocycles. The molecule has 0 aliphatic heterocycles. The Bertz CT molecular complexity index is 1090. The number of thioether (sulfide) groups is 1. The Morgan fingerprint density at radius 2 is 1.85 bits per heavy atom. The number of rotatable bonds is 11. The second-order valence-electron chi connectivity index (χ2n) is 7.27. The molecule has 1 N–H and O–H groups in total. The van der Waals surface area contributed by atoms with Crippen LogP contribution < -0.4 is 14.9 Å². The number of aryl methyl sites for hydroxylation is 1. The first kappa shape index (κ1) is 24.7. The van der Waals surface area contributed by atoms with Gasteiger partial charge < -0.3 is 9.47 Å². The zero-order chi connectivity index (χ0) is 23.5. The lowest BCUT2D eigenvalue weighted by Crippen LogP contribution is -2.19.